The van der Waals surface area contributed by atoms with Crippen molar-refractivity contribution in [2.24, 2.45) is 5.41 Å². The number of ether oxygens (including phenoxy) is 1. The monoisotopic (exact) mass is 424 g/mol. The highest BCUT2D eigenvalue weighted by atomic mass is 19.4. The number of hydrogen-bond donors (Lipinski definition) is 0. The molecule has 2 saturated heterocycles. The summed E-state index contributed by atoms with van der Waals surface area (Å²) in [5, 5.41) is 0. The third-order valence-corrected chi connectivity index (χ3v) is 5.65. The number of amides is 1. The number of rotatable bonds is 3. The van der Waals surface area contributed by atoms with Gasteiger partial charge in [-0.2, -0.15) is 26.3 Å². The van der Waals surface area contributed by atoms with Gasteiger partial charge in [0, 0.05) is 25.0 Å². The standard InChI is InChI=1S/C19H22F6N2O2/c1-13(18(20,21)22)29-16(28)27-11-17(12-27)6-8-26(9-7-17)10-14-2-4-15(5-3-14)19(23,24)25/h2-5,13H,6-12H2,1H3. The molecule has 0 radical (unpaired) electrons. The fourth-order valence-corrected chi connectivity index (χ4v) is 3.74. The summed E-state index contributed by atoms with van der Waals surface area (Å²) in [5.41, 5.74) is -0.00837. The van der Waals surface area contributed by atoms with Crippen LogP contribution in [0, 0.1) is 5.41 Å². The molecule has 3 rings (SSSR count). The number of carbonyl (C=O) groups excluding carboxylic acids is 1. The van der Waals surface area contributed by atoms with Crippen LogP contribution >= 0.6 is 0 Å². The average Bonchev–Trinajstić information content (AvgIpc) is 2.59. The van der Waals surface area contributed by atoms with Crippen LogP contribution in [-0.2, 0) is 17.5 Å². The number of nitrogens with zero attached hydrogens (tertiary/aromatic N) is 2. The molecule has 162 valence electrons. The second-order valence-corrected chi connectivity index (χ2v) is 7.89. The molecular formula is C19H22F6N2O2. The van der Waals surface area contributed by atoms with Crippen LogP contribution in [0.25, 0.3) is 0 Å². The van der Waals surface area contributed by atoms with Gasteiger partial charge in [0.2, 0.25) is 0 Å². The zero-order chi connectivity index (χ0) is 21.4. The van der Waals surface area contributed by atoms with Gasteiger partial charge in [0.25, 0.3) is 0 Å². The topological polar surface area (TPSA) is 32.8 Å². The Balaban J connectivity index is 1.44. The van der Waals surface area contributed by atoms with E-state index in [-0.39, 0.29) is 5.41 Å². The molecule has 2 aliphatic heterocycles. The Kier molecular flexibility index (Phi) is 5.77. The second-order valence-electron chi connectivity index (χ2n) is 7.89. The van der Waals surface area contributed by atoms with Gasteiger partial charge in [-0.15, -0.1) is 0 Å². The number of benzene rings is 1. The molecule has 1 atom stereocenters. The molecule has 2 aliphatic rings. The summed E-state index contributed by atoms with van der Waals surface area (Å²) < 4.78 is 79.8. The summed E-state index contributed by atoms with van der Waals surface area (Å²) in [6.45, 7) is 3.48. The summed E-state index contributed by atoms with van der Waals surface area (Å²) in [5.74, 6) is 0. The molecule has 1 aromatic rings. The van der Waals surface area contributed by atoms with Crippen molar-refractivity contribution in [3.05, 3.63) is 35.4 Å². The van der Waals surface area contributed by atoms with E-state index >= 15 is 0 Å². The highest BCUT2D eigenvalue weighted by Crippen LogP contribution is 2.41. The lowest BCUT2D eigenvalue weighted by Gasteiger charge is -2.53. The Morgan fingerprint density at radius 1 is 1.07 bits per heavy atom. The minimum atomic E-state index is -4.58. The molecule has 1 unspecified atom stereocenters. The number of hydrogen-bond acceptors (Lipinski definition) is 3. The van der Waals surface area contributed by atoms with Crippen molar-refractivity contribution in [1.82, 2.24) is 9.80 Å². The molecule has 2 heterocycles. The first-order valence-electron chi connectivity index (χ1n) is 9.29. The van der Waals surface area contributed by atoms with E-state index in [1.54, 1.807) is 0 Å². The predicted octanol–water partition coefficient (Wildman–Crippen LogP) is 4.69. The minimum Gasteiger partial charge on any atom is -0.437 e. The summed E-state index contributed by atoms with van der Waals surface area (Å²) in [6.07, 6.45) is -10.5. The fourth-order valence-electron chi connectivity index (χ4n) is 3.74. The number of carbonyl (C=O) groups is 1. The molecule has 0 N–H and O–H groups in total. The van der Waals surface area contributed by atoms with Crippen LogP contribution in [-0.4, -0.2) is 54.4 Å². The lowest BCUT2D eigenvalue weighted by Crippen LogP contribution is -2.62. The van der Waals surface area contributed by atoms with Gasteiger partial charge in [0.15, 0.2) is 6.10 Å². The maximum Gasteiger partial charge on any atom is 0.425 e. The summed E-state index contributed by atoms with van der Waals surface area (Å²) in [4.78, 5) is 15.2. The zero-order valence-electron chi connectivity index (χ0n) is 15.8. The van der Waals surface area contributed by atoms with Crippen LogP contribution in [0.3, 0.4) is 0 Å². The van der Waals surface area contributed by atoms with Crippen molar-refractivity contribution in [1.29, 1.82) is 0 Å². The van der Waals surface area contributed by atoms with Crippen molar-refractivity contribution < 1.29 is 35.9 Å². The van der Waals surface area contributed by atoms with Crippen LogP contribution in [0.15, 0.2) is 24.3 Å². The summed E-state index contributed by atoms with van der Waals surface area (Å²) in [6, 6.07) is 5.07. The molecule has 0 saturated carbocycles. The number of halogens is 6. The lowest BCUT2D eigenvalue weighted by atomic mass is 9.72. The molecule has 10 heteroatoms. The first-order chi connectivity index (χ1) is 13.4. The van der Waals surface area contributed by atoms with Gasteiger partial charge < -0.3 is 9.64 Å². The van der Waals surface area contributed by atoms with E-state index in [9.17, 15) is 31.1 Å². The van der Waals surface area contributed by atoms with E-state index in [4.69, 9.17) is 0 Å². The molecule has 4 nitrogen and oxygen atoms in total. The smallest absolute Gasteiger partial charge is 0.425 e. The molecule has 1 spiro atoms. The third-order valence-electron chi connectivity index (χ3n) is 5.65. The number of likely N-dealkylation sites (tertiary alicyclic amines) is 2. The Morgan fingerprint density at radius 3 is 2.10 bits per heavy atom. The molecule has 0 aromatic heterocycles. The highest BCUT2D eigenvalue weighted by Gasteiger charge is 2.48. The molecule has 0 bridgehead atoms. The summed E-state index contributed by atoms with van der Waals surface area (Å²) in [7, 11) is 0. The van der Waals surface area contributed by atoms with Gasteiger partial charge in [0.1, 0.15) is 0 Å². The minimum absolute atomic E-state index is 0.114. The van der Waals surface area contributed by atoms with Gasteiger partial charge in [-0.25, -0.2) is 4.79 Å². The zero-order valence-corrected chi connectivity index (χ0v) is 15.8. The van der Waals surface area contributed by atoms with Crippen LogP contribution in [0.1, 0.15) is 30.9 Å². The van der Waals surface area contributed by atoms with Crippen molar-refractivity contribution in [2.45, 2.75) is 44.8 Å². The Hall–Kier alpha value is -1.97. The van der Waals surface area contributed by atoms with Crippen molar-refractivity contribution in [3.8, 4) is 0 Å². The van der Waals surface area contributed by atoms with E-state index in [1.165, 1.54) is 17.0 Å². The normalized spacial score (nSPS) is 21.0. The first-order valence-corrected chi connectivity index (χ1v) is 9.29. The van der Waals surface area contributed by atoms with Gasteiger partial charge in [-0.1, -0.05) is 12.1 Å². The molecule has 2 fully saturated rings. The molecule has 0 aliphatic carbocycles. The Morgan fingerprint density at radius 2 is 1.62 bits per heavy atom. The highest BCUT2D eigenvalue weighted by molar-refractivity contribution is 5.69. The van der Waals surface area contributed by atoms with Crippen molar-refractivity contribution >= 4 is 6.09 Å². The van der Waals surface area contributed by atoms with Gasteiger partial charge in [-0.05, 0) is 50.6 Å². The third kappa shape index (κ3) is 5.15. The van der Waals surface area contributed by atoms with Crippen LogP contribution in [0.5, 0.6) is 0 Å². The maximum absolute atomic E-state index is 12.6. The first kappa shape index (κ1) is 21.7. The van der Waals surface area contributed by atoms with Gasteiger partial charge in [0.05, 0.1) is 5.56 Å². The van der Waals surface area contributed by atoms with Crippen molar-refractivity contribution in [2.75, 3.05) is 26.2 Å². The molecule has 1 amide bonds. The number of alkyl halides is 6. The summed E-state index contributed by atoms with van der Waals surface area (Å²) >= 11 is 0. The fraction of sp³-hybridized carbons (Fsp3) is 0.632. The Labute approximate surface area is 164 Å². The maximum atomic E-state index is 12.6. The lowest BCUT2D eigenvalue weighted by molar-refractivity contribution is -0.202. The van der Waals surface area contributed by atoms with E-state index in [0.717, 1.165) is 37.5 Å². The van der Waals surface area contributed by atoms with E-state index < -0.39 is 30.1 Å². The van der Waals surface area contributed by atoms with Crippen molar-refractivity contribution in [3.63, 3.8) is 0 Å². The van der Waals surface area contributed by atoms with Gasteiger partial charge >= 0.3 is 18.4 Å². The van der Waals surface area contributed by atoms with E-state index in [2.05, 4.69) is 9.64 Å². The molecule has 1 aromatic carbocycles. The van der Waals surface area contributed by atoms with Gasteiger partial charge in [-0.3, -0.25) is 4.90 Å². The van der Waals surface area contributed by atoms with E-state index in [0.29, 0.717) is 32.7 Å². The quantitative estimate of drug-likeness (QED) is 0.660. The predicted molar refractivity (Wildman–Crippen MR) is 92.0 cm³/mol. The molecular weight excluding hydrogens is 402 g/mol. The Bertz CT molecular complexity index is 716. The SMILES string of the molecule is CC(OC(=O)N1CC2(CCN(Cc3ccc(C(F)(F)F)cc3)CC2)C1)C(F)(F)F. The second kappa shape index (κ2) is 7.70. The largest absolute Gasteiger partial charge is 0.437 e. The van der Waals surface area contributed by atoms with E-state index in [1.807, 2.05) is 0 Å². The molecule has 29 heavy (non-hydrogen) atoms. The van der Waals surface area contributed by atoms with Crippen LogP contribution in [0.2, 0.25) is 0 Å². The number of piperidine rings is 1. The average molecular weight is 424 g/mol. The van der Waals surface area contributed by atoms with Crippen LogP contribution < -0.4 is 0 Å². The van der Waals surface area contributed by atoms with Crippen LogP contribution in [0.4, 0.5) is 31.1 Å².